The standard InChI is InChI=1S/C14H21NO/c1-4-11-5-6-12(14(8-11)16-3)13-7-10(2)9-15-13/h5-6,8,10,13,15H,4,7,9H2,1-3H3/t10-,13-/m1/s1. The average Bonchev–Trinajstić information content (AvgIpc) is 2.74. The third-order valence-electron chi connectivity index (χ3n) is 3.43. The molecule has 1 saturated heterocycles. The minimum Gasteiger partial charge on any atom is -0.496 e. The van der Waals surface area contributed by atoms with Gasteiger partial charge in [0.1, 0.15) is 5.75 Å². The van der Waals surface area contributed by atoms with Crippen molar-refractivity contribution < 1.29 is 4.74 Å². The van der Waals surface area contributed by atoms with Crippen LogP contribution in [0.25, 0.3) is 0 Å². The molecule has 1 heterocycles. The SMILES string of the molecule is CCc1ccc([C@H]2C[C@@H](C)CN2)c(OC)c1. The lowest BCUT2D eigenvalue weighted by Gasteiger charge is -2.16. The fourth-order valence-electron chi connectivity index (χ4n) is 2.41. The minimum atomic E-state index is 0.468. The van der Waals surface area contributed by atoms with Gasteiger partial charge in [-0.2, -0.15) is 0 Å². The van der Waals surface area contributed by atoms with E-state index in [1.54, 1.807) is 7.11 Å². The Morgan fingerprint density at radius 3 is 2.81 bits per heavy atom. The summed E-state index contributed by atoms with van der Waals surface area (Å²) in [6.45, 7) is 5.58. The Kier molecular flexibility index (Phi) is 3.49. The largest absolute Gasteiger partial charge is 0.496 e. The molecule has 0 saturated carbocycles. The van der Waals surface area contributed by atoms with Gasteiger partial charge in [-0.15, -0.1) is 0 Å². The van der Waals surface area contributed by atoms with Crippen molar-refractivity contribution in [2.45, 2.75) is 32.7 Å². The fourth-order valence-corrected chi connectivity index (χ4v) is 2.41. The van der Waals surface area contributed by atoms with Crippen molar-refractivity contribution in [1.82, 2.24) is 5.32 Å². The van der Waals surface area contributed by atoms with Crippen molar-refractivity contribution in [3.63, 3.8) is 0 Å². The molecule has 1 aliphatic heterocycles. The number of nitrogens with one attached hydrogen (secondary N) is 1. The number of hydrogen-bond acceptors (Lipinski definition) is 2. The molecule has 2 atom stereocenters. The molecule has 2 heteroatoms. The van der Waals surface area contributed by atoms with E-state index in [-0.39, 0.29) is 0 Å². The predicted octanol–water partition coefficient (Wildman–Crippen LogP) is 2.93. The zero-order valence-electron chi connectivity index (χ0n) is 10.4. The van der Waals surface area contributed by atoms with Crippen LogP contribution >= 0.6 is 0 Å². The molecule has 0 radical (unpaired) electrons. The normalized spacial score (nSPS) is 24.7. The molecule has 0 spiro atoms. The summed E-state index contributed by atoms with van der Waals surface area (Å²) in [5.41, 5.74) is 2.65. The molecular weight excluding hydrogens is 198 g/mol. The van der Waals surface area contributed by atoms with E-state index in [0.29, 0.717) is 6.04 Å². The van der Waals surface area contributed by atoms with E-state index in [2.05, 4.69) is 37.4 Å². The lowest BCUT2D eigenvalue weighted by atomic mass is 9.98. The molecule has 0 amide bonds. The van der Waals surface area contributed by atoms with Crippen LogP contribution in [0.4, 0.5) is 0 Å². The van der Waals surface area contributed by atoms with E-state index < -0.39 is 0 Å². The summed E-state index contributed by atoms with van der Waals surface area (Å²) in [5, 5.41) is 3.55. The van der Waals surface area contributed by atoms with E-state index in [1.165, 1.54) is 17.5 Å². The molecule has 0 unspecified atom stereocenters. The van der Waals surface area contributed by atoms with Crippen LogP contribution in [-0.2, 0) is 6.42 Å². The van der Waals surface area contributed by atoms with Gasteiger partial charge >= 0.3 is 0 Å². The maximum atomic E-state index is 5.50. The van der Waals surface area contributed by atoms with Crippen molar-refractivity contribution in [2.24, 2.45) is 5.92 Å². The van der Waals surface area contributed by atoms with Crippen LogP contribution in [0.5, 0.6) is 5.75 Å². The van der Waals surface area contributed by atoms with Crippen LogP contribution < -0.4 is 10.1 Å². The molecule has 1 N–H and O–H groups in total. The molecule has 0 aromatic heterocycles. The van der Waals surface area contributed by atoms with E-state index in [0.717, 1.165) is 24.6 Å². The zero-order chi connectivity index (χ0) is 11.5. The summed E-state index contributed by atoms with van der Waals surface area (Å²) in [6.07, 6.45) is 2.27. The molecule has 16 heavy (non-hydrogen) atoms. The highest BCUT2D eigenvalue weighted by atomic mass is 16.5. The van der Waals surface area contributed by atoms with Gasteiger partial charge in [-0.1, -0.05) is 26.0 Å². The lowest BCUT2D eigenvalue weighted by molar-refractivity contribution is 0.402. The van der Waals surface area contributed by atoms with Gasteiger partial charge in [-0.05, 0) is 36.9 Å². The van der Waals surface area contributed by atoms with Crippen LogP contribution in [0.3, 0.4) is 0 Å². The van der Waals surface area contributed by atoms with Crippen molar-refractivity contribution in [3.8, 4) is 5.75 Å². The number of ether oxygens (including phenoxy) is 1. The lowest BCUT2D eigenvalue weighted by Crippen LogP contribution is -2.14. The Hall–Kier alpha value is -1.02. The Bertz CT molecular complexity index is 362. The summed E-state index contributed by atoms with van der Waals surface area (Å²) in [7, 11) is 1.76. The molecule has 1 aliphatic rings. The van der Waals surface area contributed by atoms with E-state index >= 15 is 0 Å². The molecule has 1 fully saturated rings. The van der Waals surface area contributed by atoms with E-state index in [4.69, 9.17) is 4.74 Å². The second-order valence-electron chi connectivity index (χ2n) is 4.73. The number of aryl methyl sites for hydroxylation is 1. The number of methoxy groups -OCH3 is 1. The zero-order valence-corrected chi connectivity index (χ0v) is 10.4. The summed E-state index contributed by atoms with van der Waals surface area (Å²) < 4.78 is 5.50. The molecular formula is C14H21NO. The first kappa shape index (κ1) is 11.5. The van der Waals surface area contributed by atoms with Crippen LogP contribution in [0.1, 0.15) is 37.4 Å². The van der Waals surface area contributed by atoms with Crippen molar-refractivity contribution in [1.29, 1.82) is 0 Å². The fraction of sp³-hybridized carbons (Fsp3) is 0.571. The van der Waals surface area contributed by atoms with Crippen molar-refractivity contribution in [3.05, 3.63) is 29.3 Å². The quantitative estimate of drug-likeness (QED) is 0.844. The Morgan fingerprint density at radius 2 is 2.25 bits per heavy atom. The van der Waals surface area contributed by atoms with Gasteiger partial charge in [-0.25, -0.2) is 0 Å². The maximum Gasteiger partial charge on any atom is 0.123 e. The molecule has 88 valence electrons. The molecule has 1 aromatic carbocycles. The predicted molar refractivity (Wildman–Crippen MR) is 66.9 cm³/mol. The summed E-state index contributed by atoms with van der Waals surface area (Å²) in [5.74, 6) is 1.80. The Balaban J connectivity index is 2.26. The van der Waals surface area contributed by atoms with Crippen molar-refractivity contribution in [2.75, 3.05) is 13.7 Å². The van der Waals surface area contributed by atoms with Gasteiger partial charge in [0, 0.05) is 11.6 Å². The molecule has 2 rings (SSSR count). The highest BCUT2D eigenvalue weighted by molar-refractivity contribution is 5.40. The monoisotopic (exact) mass is 219 g/mol. The summed E-state index contributed by atoms with van der Waals surface area (Å²) in [6, 6.07) is 7.06. The summed E-state index contributed by atoms with van der Waals surface area (Å²) in [4.78, 5) is 0. The first-order valence-electron chi connectivity index (χ1n) is 6.14. The maximum absolute atomic E-state index is 5.50. The number of benzene rings is 1. The minimum absolute atomic E-state index is 0.468. The number of rotatable bonds is 3. The molecule has 1 aromatic rings. The van der Waals surface area contributed by atoms with Gasteiger partial charge in [0.15, 0.2) is 0 Å². The molecule has 2 nitrogen and oxygen atoms in total. The van der Waals surface area contributed by atoms with Crippen LogP contribution in [-0.4, -0.2) is 13.7 Å². The number of hydrogen-bond donors (Lipinski definition) is 1. The molecule has 0 aliphatic carbocycles. The smallest absolute Gasteiger partial charge is 0.123 e. The van der Waals surface area contributed by atoms with Gasteiger partial charge in [0.05, 0.1) is 7.11 Å². The van der Waals surface area contributed by atoms with Crippen molar-refractivity contribution >= 4 is 0 Å². The third-order valence-corrected chi connectivity index (χ3v) is 3.43. The highest BCUT2D eigenvalue weighted by Gasteiger charge is 2.24. The third kappa shape index (κ3) is 2.22. The van der Waals surface area contributed by atoms with Crippen LogP contribution in [0.2, 0.25) is 0 Å². The second-order valence-corrected chi connectivity index (χ2v) is 4.73. The second kappa shape index (κ2) is 4.88. The Morgan fingerprint density at radius 1 is 1.44 bits per heavy atom. The van der Waals surface area contributed by atoms with E-state index in [1.807, 2.05) is 0 Å². The van der Waals surface area contributed by atoms with Gasteiger partial charge in [-0.3, -0.25) is 0 Å². The van der Waals surface area contributed by atoms with E-state index in [9.17, 15) is 0 Å². The van der Waals surface area contributed by atoms with Gasteiger partial charge in [0.2, 0.25) is 0 Å². The topological polar surface area (TPSA) is 21.3 Å². The first-order valence-corrected chi connectivity index (χ1v) is 6.14. The highest BCUT2D eigenvalue weighted by Crippen LogP contribution is 2.33. The van der Waals surface area contributed by atoms with Gasteiger partial charge in [0.25, 0.3) is 0 Å². The van der Waals surface area contributed by atoms with Gasteiger partial charge < -0.3 is 10.1 Å². The summed E-state index contributed by atoms with van der Waals surface area (Å²) >= 11 is 0. The molecule has 0 bridgehead atoms. The average molecular weight is 219 g/mol. The Labute approximate surface area is 98.0 Å². The van der Waals surface area contributed by atoms with Crippen LogP contribution in [0.15, 0.2) is 18.2 Å². The first-order chi connectivity index (χ1) is 7.74. The van der Waals surface area contributed by atoms with Crippen LogP contribution in [0, 0.1) is 5.92 Å².